The predicted molar refractivity (Wildman–Crippen MR) is 117 cm³/mol. The molecule has 0 atom stereocenters. The van der Waals surface area contributed by atoms with Crippen LogP contribution in [0.3, 0.4) is 0 Å². The Morgan fingerprint density at radius 3 is 2.48 bits per heavy atom. The first kappa shape index (κ1) is 22.4. The zero-order chi connectivity index (χ0) is 22.4. The van der Waals surface area contributed by atoms with Crippen molar-refractivity contribution < 1.29 is 19.1 Å². The topological polar surface area (TPSA) is 89.9 Å². The number of pyridine rings is 1. The van der Waals surface area contributed by atoms with E-state index < -0.39 is 0 Å². The number of amides is 2. The fourth-order valence-corrected chi connectivity index (χ4v) is 3.77. The molecule has 2 amide bonds. The number of benzene rings is 1. The molecule has 31 heavy (non-hydrogen) atoms. The van der Waals surface area contributed by atoms with Gasteiger partial charge in [0.05, 0.1) is 20.6 Å². The van der Waals surface area contributed by atoms with E-state index in [2.05, 4.69) is 5.32 Å². The number of ether oxygens (including phenoxy) is 2. The van der Waals surface area contributed by atoms with Gasteiger partial charge in [-0.3, -0.25) is 14.4 Å². The van der Waals surface area contributed by atoms with Crippen LogP contribution in [0.1, 0.15) is 28.8 Å². The molecule has 1 aromatic carbocycles. The van der Waals surface area contributed by atoms with Gasteiger partial charge in [0.15, 0.2) is 11.5 Å². The van der Waals surface area contributed by atoms with E-state index in [1.807, 2.05) is 6.07 Å². The molecule has 1 aliphatic heterocycles. The molecule has 2 heterocycles. The number of hydrogen-bond donors (Lipinski definition) is 1. The van der Waals surface area contributed by atoms with E-state index in [0.29, 0.717) is 37.1 Å². The van der Waals surface area contributed by atoms with Crippen molar-refractivity contribution in [2.45, 2.75) is 19.3 Å². The highest BCUT2D eigenvalue weighted by molar-refractivity contribution is 5.93. The van der Waals surface area contributed by atoms with Crippen LogP contribution in [0.25, 0.3) is 0 Å². The Balaban J connectivity index is 1.47. The third kappa shape index (κ3) is 5.45. The fraction of sp³-hybridized carbons (Fsp3) is 0.435. The van der Waals surface area contributed by atoms with Gasteiger partial charge >= 0.3 is 0 Å². The number of aromatic nitrogens is 1. The van der Waals surface area contributed by atoms with Crippen LogP contribution in [-0.4, -0.2) is 55.1 Å². The van der Waals surface area contributed by atoms with E-state index in [1.54, 1.807) is 56.6 Å². The third-order valence-electron chi connectivity index (χ3n) is 5.66. The highest BCUT2D eigenvalue weighted by atomic mass is 16.5. The molecule has 0 aliphatic carbocycles. The minimum absolute atomic E-state index is 0.0569. The predicted octanol–water partition coefficient (Wildman–Crippen LogP) is 1.61. The van der Waals surface area contributed by atoms with Gasteiger partial charge in [-0.1, -0.05) is 6.07 Å². The number of carbonyl (C=O) groups excluding carboxylic acids is 2. The number of nitrogens with one attached hydrogen (secondary N) is 1. The smallest absolute Gasteiger partial charge is 0.263 e. The molecule has 8 heteroatoms. The largest absolute Gasteiger partial charge is 0.493 e. The van der Waals surface area contributed by atoms with Gasteiger partial charge < -0.3 is 24.3 Å². The fourth-order valence-electron chi connectivity index (χ4n) is 3.77. The minimum Gasteiger partial charge on any atom is -0.493 e. The molecule has 8 nitrogen and oxygen atoms in total. The van der Waals surface area contributed by atoms with Crippen LogP contribution >= 0.6 is 0 Å². The molecule has 0 unspecified atom stereocenters. The number of carbonyl (C=O) groups is 2. The lowest BCUT2D eigenvalue weighted by Crippen LogP contribution is -2.43. The standard InChI is InChI=1S/C23H29N3O5/c1-25-10-4-5-18(22(25)28)23(29)26-11-8-16(9-12-26)15-24-21(27)14-17-6-7-19(30-2)20(13-17)31-3/h4-7,10,13,16H,8-9,11-12,14-15H2,1-3H3,(H,24,27). The lowest BCUT2D eigenvalue weighted by Gasteiger charge is -2.32. The highest BCUT2D eigenvalue weighted by Crippen LogP contribution is 2.27. The Hall–Kier alpha value is -3.29. The zero-order valence-electron chi connectivity index (χ0n) is 18.2. The number of aryl methyl sites for hydroxylation is 1. The van der Waals surface area contributed by atoms with Gasteiger partial charge in [0, 0.05) is 32.9 Å². The number of rotatable bonds is 7. The number of piperidine rings is 1. The Bertz CT molecular complexity index is 993. The molecular weight excluding hydrogens is 398 g/mol. The van der Waals surface area contributed by atoms with Gasteiger partial charge in [0.25, 0.3) is 11.5 Å². The monoisotopic (exact) mass is 427 g/mol. The van der Waals surface area contributed by atoms with Crippen molar-refractivity contribution in [2.24, 2.45) is 13.0 Å². The van der Waals surface area contributed by atoms with Gasteiger partial charge in [-0.05, 0) is 48.6 Å². The first-order chi connectivity index (χ1) is 14.9. The summed E-state index contributed by atoms with van der Waals surface area (Å²) in [5.74, 6) is 1.24. The second-order valence-electron chi connectivity index (χ2n) is 7.74. The molecule has 2 aromatic rings. The number of likely N-dealkylation sites (tertiary alicyclic amines) is 1. The third-order valence-corrected chi connectivity index (χ3v) is 5.66. The summed E-state index contributed by atoms with van der Waals surface area (Å²) >= 11 is 0. The van der Waals surface area contributed by atoms with E-state index in [4.69, 9.17) is 9.47 Å². The molecule has 1 saturated heterocycles. The molecule has 0 radical (unpaired) electrons. The number of methoxy groups -OCH3 is 2. The first-order valence-electron chi connectivity index (χ1n) is 10.4. The van der Waals surface area contributed by atoms with E-state index in [9.17, 15) is 14.4 Å². The van der Waals surface area contributed by atoms with E-state index in [0.717, 1.165) is 18.4 Å². The van der Waals surface area contributed by atoms with E-state index >= 15 is 0 Å². The van der Waals surface area contributed by atoms with Gasteiger partial charge in [0.1, 0.15) is 5.56 Å². The molecule has 0 bridgehead atoms. The maximum absolute atomic E-state index is 12.7. The van der Waals surface area contributed by atoms with Crippen molar-refractivity contribution >= 4 is 11.8 Å². The van der Waals surface area contributed by atoms with Crippen molar-refractivity contribution in [2.75, 3.05) is 33.9 Å². The second-order valence-corrected chi connectivity index (χ2v) is 7.74. The molecule has 1 aromatic heterocycles. The van der Waals surface area contributed by atoms with Gasteiger partial charge in [-0.2, -0.15) is 0 Å². The SMILES string of the molecule is COc1ccc(CC(=O)NCC2CCN(C(=O)c3cccn(C)c3=O)CC2)cc1OC. The van der Waals surface area contributed by atoms with Gasteiger partial charge in [-0.15, -0.1) is 0 Å². The number of hydrogen-bond acceptors (Lipinski definition) is 5. The molecule has 0 spiro atoms. The van der Waals surface area contributed by atoms with Crippen molar-refractivity contribution in [1.29, 1.82) is 0 Å². The summed E-state index contributed by atoms with van der Waals surface area (Å²) in [7, 11) is 4.77. The zero-order valence-corrected chi connectivity index (χ0v) is 18.2. The maximum Gasteiger partial charge on any atom is 0.263 e. The molecule has 166 valence electrons. The van der Waals surface area contributed by atoms with Crippen molar-refractivity contribution in [1.82, 2.24) is 14.8 Å². The summed E-state index contributed by atoms with van der Waals surface area (Å²) in [6.45, 7) is 1.72. The van der Waals surface area contributed by atoms with Crippen LogP contribution in [-0.2, 0) is 18.3 Å². The van der Waals surface area contributed by atoms with Crippen molar-refractivity contribution in [3.8, 4) is 11.5 Å². The Morgan fingerprint density at radius 1 is 1.10 bits per heavy atom. The Kier molecular flexibility index (Phi) is 7.33. The highest BCUT2D eigenvalue weighted by Gasteiger charge is 2.25. The van der Waals surface area contributed by atoms with Crippen LogP contribution in [0.5, 0.6) is 11.5 Å². The van der Waals surface area contributed by atoms with Crippen LogP contribution < -0.4 is 20.3 Å². The van der Waals surface area contributed by atoms with Crippen LogP contribution in [0.2, 0.25) is 0 Å². The van der Waals surface area contributed by atoms with Crippen LogP contribution in [0, 0.1) is 5.92 Å². The van der Waals surface area contributed by atoms with Crippen molar-refractivity contribution in [3.63, 3.8) is 0 Å². The molecule has 1 fully saturated rings. The summed E-state index contributed by atoms with van der Waals surface area (Å²) in [4.78, 5) is 38.9. The van der Waals surface area contributed by atoms with E-state index in [1.165, 1.54) is 4.57 Å². The lowest BCUT2D eigenvalue weighted by molar-refractivity contribution is -0.120. The lowest BCUT2D eigenvalue weighted by atomic mass is 9.96. The Morgan fingerprint density at radius 2 is 1.81 bits per heavy atom. The molecule has 0 saturated carbocycles. The average Bonchev–Trinajstić information content (AvgIpc) is 2.79. The first-order valence-corrected chi connectivity index (χ1v) is 10.4. The molecular formula is C23H29N3O5. The average molecular weight is 428 g/mol. The molecule has 3 rings (SSSR count). The van der Waals surface area contributed by atoms with Gasteiger partial charge in [-0.25, -0.2) is 0 Å². The van der Waals surface area contributed by atoms with Crippen LogP contribution in [0.4, 0.5) is 0 Å². The summed E-state index contributed by atoms with van der Waals surface area (Å²) in [6.07, 6.45) is 3.47. The summed E-state index contributed by atoms with van der Waals surface area (Å²) < 4.78 is 11.9. The Labute approximate surface area is 181 Å². The van der Waals surface area contributed by atoms with Crippen molar-refractivity contribution in [3.05, 3.63) is 58.0 Å². The summed E-state index contributed by atoms with van der Waals surface area (Å²) in [5.41, 5.74) is 0.767. The van der Waals surface area contributed by atoms with Gasteiger partial charge in [0.2, 0.25) is 5.91 Å². The molecule has 1 N–H and O–H groups in total. The molecule has 1 aliphatic rings. The van der Waals surface area contributed by atoms with E-state index in [-0.39, 0.29) is 29.4 Å². The maximum atomic E-state index is 12.7. The summed E-state index contributed by atoms with van der Waals surface area (Å²) in [6, 6.07) is 8.71. The summed E-state index contributed by atoms with van der Waals surface area (Å²) in [5, 5.41) is 2.99. The van der Waals surface area contributed by atoms with Crippen LogP contribution in [0.15, 0.2) is 41.3 Å². The quantitative estimate of drug-likeness (QED) is 0.725. The number of nitrogens with zero attached hydrogens (tertiary/aromatic N) is 2. The normalized spacial score (nSPS) is 14.2. The second kappa shape index (κ2) is 10.1. The minimum atomic E-state index is -0.281.